The molecule has 31 heavy (non-hydrogen) atoms. The van der Waals surface area contributed by atoms with E-state index in [1.165, 1.54) is 4.68 Å². The minimum atomic E-state index is -0.604. The van der Waals surface area contributed by atoms with E-state index in [-0.39, 0.29) is 0 Å². The van der Waals surface area contributed by atoms with Crippen LogP contribution in [-0.2, 0) is 4.74 Å². The Bertz CT molecular complexity index is 1210. The first-order valence-corrected chi connectivity index (χ1v) is 10.2. The van der Waals surface area contributed by atoms with Gasteiger partial charge in [-0.3, -0.25) is 0 Å². The van der Waals surface area contributed by atoms with Crippen molar-refractivity contribution in [3.8, 4) is 0 Å². The predicted molar refractivity (Wildman–Crippen MR) is 124 cm³/mol. The molecule has 156 valence electrons. The first kappa shape index (κ1) is 20.5. The summed E-state index contributed by atoms with van der Waals surface area (Å²) in [5.74, 6) is 0. The molecule has 5 nitrogen and oxygen atoms in total. The van der Waals surface area contributed by atoms with Gasteiger partial charge in [-0.15, -0.1) is 0 Å². The van der Waals surface area contributed by atoms with Crippen LogP contribution in [0.15, 0.2) is 83.9 Å². The fraction of sp³-hybridized carbons (Fsp3) is 0.192. The van der Waals surface area contributed by atoms with Gasteiger partial charge in [0.15, 0.2) is 0 Å². The van der Waals surface area contributed by atoms with E-state index in [0.717, 1.165) is 33.6 Å². The topological polar surface area (TPSA) is 56.5 Å². The van der Waals surface area contributed by atoms with Crippen molar-refractivity contribution in [2.75, 3.05) is 0 Å². The Labute approximate surface area is 182 Å². The van der Waals surface area contributed by atoms with Gasteiger partial charge in [-0.2, -0.15) is 9.78 Å². The molecule has 0 atom stereocenters. The standard InChI is InChI=1S/C26H25N3O2/c1-18-23-21(16-11-17-22(23)29(28-18)25(30)31-26(2,3)4)27-24(19-12-7-5-8-13-19)20-14-9-6-10-15-20/h5-17H,1-4H3. The number of aromatic nitrogens is 2. The SMILES string of the molecule is Cc1nn(C(=O)OC(C)(C)C)c2cccc(N=C(c3ccccc3)c3ccccc3)c12. The first-order valence-electron chi connectivity index (χ1n) is 10.2. The summed E-state index contributed by atoms with van der Waals surface area (Å²) in [5, 5.41) is 5.29. The number of carbonyl (C=O) groups excluding carboxylic acids is 1. The van der Waals surface area contributed by atoms with Gasteiger partial charge in [0, 0.05) is 16.5 Å². The fourth-order valence-electron chi connectivity index (χ4n) is 3.48. The molecule has 0 saturated heterocycles. The van der Waals surface area contributed by atoms with Gasteiger partial charge in [0.2, 0.25) is 0 Å². The summed E-state index contributed by atoms with van der Waals surface area (Å²) in [6, 6.07) is 25.9. The van der Waals surface area contributed by atoms with Crippen molar-refractivity contribution in [2.24, 2.45) is 4.99 Å². The molecule has 0 amide bonds. The lowest BCUT2D eigenvalue weighted by molar-refractivity contribution is 0.0522. The zero-order valence-corrected chi connectivity index (χ0v) is 18.2. The maximum Gasteiger partial charge on any atom is 0.435 e. The smallest absolute Gasteiger partial charge is 0.435 e. The molecule has 4 aromatic rings. The van der Waals surface area contributed by atoms with Gasteiger partial charge in [-0.1, -0.05) is 66.7 Å². The molecule has 0 radical (unpaired) electrons. The number of rotatable bonds is 3. The van der Waals surface area contributed by atoms with Crippen molar-refractivity contribution in [2.45, 2.75) is 33.3 Å². The number of aliphatic imine (C=N–C) groups is 1. The third-order valence-electron chi connectivity index (χ3n) is 4.75. The first-order chi connectivity index (χ1) is 14.8. The molecule has 1 aromatic heterocycles. The highest BCUT2D eigenvalue weighted by Gasteiger charge is 2.22. The maximum absolute atomic E-state index is 12.7. The highest BCUT2D eigenvalue weighted by molar-refractivity contribution is 6.15. The molecular weight excluding hydrogens is 386 g/mol. The summed E-state index contributed by atoms with van der Waals surface area (Å²) in [6.07, 6.45) is -0.502. The van der Waals surface area contributed by atoms with Crippen molar-refractivity contribution in [1.29, 1.82) is 0 Å². The molecule has 0 unspecified atom stereocenters. The summed E-state index contributed by atoms with van der Waals surface area (Å²) in [7, 11) is 0. The third kappa shape index (κ3) is 4.40. The van der Waals surface area contributed by atoms with Crippen LogP contribution in [0.1, 0.15) is 37.6 Å². The lowest BCUT2D eigenvalue weighted by atomic mass is 10.0. The number of hydrogen-bond donors (Lipinski definition) is 0. The number of aryl methyl sites for hydroxylation is 1. The molecular formula is C26H25N3O2. The molecule has 3 aromatic carbocycles. The number of carbonyl (C=O) groups is 1. The van der Waals surface area contributed by atoms with Crippen LogP contribution >= 0.6 is 0 Å². The van der Waals surface area contributed by atoms with Crippen molar-refractivity contribution in [3.05, 3.63) is 95.7 Å². The second kappa shape index (κ2) is 8.19. The van der Waals surface area contributed by atoms with Crippen LogP contribution in [-0.4, -0.2) is 27.2 Å². The summed E-state index contributed by atoms with van der Waals surface area (Å²) >= 11 is 0. The van der Waals surface area contributed by atoms with E-state index >= 15 is 0 Å². The minimum Gasteiger partial charge on any atom is -0.442 e. The Morgan fingerprint density at radius 2 is 1.45 bits per heavy atom. The fourth-order valence-corrected chi connectivity index (χ4v) is 3.48. The molecule has 0 bridgehead atoms. The average molecular weight is 412 g/mol. The van der Waals surface area contributed by atoms with Crippen LogP contribution in [0.4, 0.5) is 10.5 Å². The second-order valence-corrected chi connectivity index (χ2v) is 8.34. The van der Waals surface area contributed by atoms with Gasteiger partial charge in [-0.05, 0) is 39.8 Å². The summed E-state index contributed by atoms with van der Waals surface area (Å²) in [4.78, 5) is 17.8. The number of ether oxygens (including phenoxy) is 1. The van der Waals surface area contributed by atoms with E-state index in [1.807, 2.05) is 107 Å². The van der Waals surface area contributed by atoms with Crippen LogP contribution in [0.2, 0.25) is 0 Å². The number of fused-ring (bicyclic) bond motifs is 1. The summed E-state index contributed by atoms with van der Waals surface area (Å²) in [6.45, 7) is 7.40. The second-order valence-electron chi connectivity index (χ2n) is 8.34. The van der Waals surface area contributed by atoms with Crippen molar-refractivity contribution < 1.29 is 9.53 Å². The monoisotopic (exact) mass is 411 g/mol. The molecule has 0 spiro atoms. The molecule has 0 fully saturated rings. The van der Waals surface area contributed by atoms with E-state index in [4.69, 9.17) is 9.73 Å². The number of benzene rings is 3. The Kier molecular flexibility index (Phi) is 5.42. The average Bonchev–Trinajstić information content (AvgIpc) is 3.10. The van der Waals surface area contributed by atoms with Gasteiger partial charge in [-0.25, -0.2) is 9.79 Å². The van der Waals surface area contributed by atoms with Crippen molar-refractivity contribution in [3.63, 3.8) is 0 Å². The number of hydrogen-bond acceptors (Lipinski definition) is 4. The van der Waals surface area contributed by atoms with Gasteiger partial charge in [0.05, 0.1) is 22.6 Å². The minimum absolute atomic E-state index is 0.502. The van der Waals surface area contributed by atoms with E-state index in [1.54, 1.807) is 0 Å². The highest BCUT2D eigenvalue weighted by Crippen LogP contribution is 2.31. The Balaban J connectivity index is 1.89. The van der Waals surface area contributed by atoms with E-state index in [0.29, 0.717) is 5.52 Å². The zero-order valence-electron chi connectivity index (χ0n) is 18.2. The normalized spacial score (nSPS) is 11.4. The van der Waals surface area contributed by atoms with Gasteiger partial charge in [0.1, 0.15) is 5.60 Å². The molecule has 4 rings (SSSR count). The van der Waals surface area contributed by atoms with Crippen molar-refractivity contribution >= 4 is 28.4 Å². The maximum atomic E-state index is 12.7. The largest absolute Gasteiger partial charge is 0.442 e. The zero-order chi connectivity index (χ0) is 22.0. The van der Waals surface area contributed by atoms with E-state index in [2.05, 4.69) is 5.10 Å². The van der Waals surface area contributed by atoms with Gasteiger partial charge in [0.25, 0.3) is 0 Å². The lowest BCUT2D eigenvalue weighted by Gasteiger charge is -2.19. The van der Waals surface area contributed by atoms with E-state index < -0.39 is 11.7 Å². The van der Waals surface area contributed by atoms with Crippen LogP contribution < -0.4 is 0 Å². The molecule has 0 aliphatic heterocycles. The predicted octanol–water partition coefficient (Wildman–Crippen LogP) is 6.30. The molecule has 0 saturated carbocycles. The van der Waals surface area contributed by atoms with Crippen LogP contribution in [0, 0.1) is 6.92 Å². The highest BCUT2D eigenvalue weighted by atomic mass is 16.6. The molecule has 0 aliphatic rings. The Morgan fingerprint density at radius 3 is 2.00 bits per heavy atom. The summed E-state index contributed by atoms with van der Waals surface area (Å²) < 4.78 is 6.85. The number of nitrogens with zero attached hydrogens (tertiary/aromatic N) is 3. The molecule has 1 heterocycles. The molecule has 0 aliphatic carbocycles. The van der Waals surface area contributed by atoms with Crippen LogP contribution in [0.3, 0.4) is 0 Å². The Hall–Kier alpha value is -3.73. The third-order valence-corrected chi connectivity index (χ3v) is 4.75. The molecule has 0 N–H and O–H groups in total. The van der Waals surface area contributed by atoms with Crippen molar-refractivity contribution in [1.82, 2.24) is 9.78 Å². The van der Waals surface area contributed by atoms with Gasteiger partial charge < -0.3 is 4.74 Å². The van der Waals surface area contributed by atoms with Crippen LogP contribution in [0.5, 0.6) is 0 Å². The lowest BCUT2D eigenvalue weighted by Crippen LogP contribution is -2.27. The Morgan fingerprint density at radius 1 is 0.871 bits per heavy atom. The quantitative estimate of drug-likeness (QED) is 0.372. The van der Waals surface area contributed by atoms with Gasteiger partial charge >= 0.3 is 6.09 Å². The molecule has 5 heteroatoms. The van der Waals surface area contributed by atoms with Crippen LogP contribution in [0.25, 0.3) is 10.9 Å². The van der Waals surface area contributed by atoms with E-state index in [9.17, 15) is 4.79 Å². The summed E-state index contributed by atoms with van der Waals surface area (Å²) in [5.41, 5.74) is 4.44.